The number of aryl methyl sites for hydroxylation is 1. The summed E-state index contributed by atoms with van der Waals surface area (Å²) >= 11 is 0. The Labute approximate surface area is 148 Å². The van der Waals surface area contributed by atoms with Crippen molar-refractivity contribution in [2.24, 2.45) is 10.7 Å². The number of nitrogens with two attached hydrogens (primary N) is 1. The molecule has 22 heavy (non-hydrogen) atoms. The molecule has 0 heterocycles. The van der Waals surface area contributed by atoms with Gasteiger partial charge in [0.2, 0.25) is 0 Å². The Hall–Kier alpha value is -1.60. The third-order valence-corrected chi connectivity index (χ3v) is 3.09. The van der Waals surface area contributed by atoms with Crippen LogP contribution >= 0.6 is 24.0 Å². The van der Waals surface area contributed by atoms with Gasteiger partial charge < -0.3 is 15.8 Å². The van der Waals surface area contributed by atoms with Gasteiger partial charge in [0.05, 0.1) is 13.2 Å². The monoisotopic (exact) mass is 411 g/mol. The normalized spacial score (nSPS) is 10.9. The van der Waals surface area contributed by atoms with Crippen molar-refractivity contribution in [1.29, 1.82) is 0 Å². The first-order valence-electron chi connectivity index (χ1n) is 6.88. The summed E-state index contributed by atoms with van der Waals surface area (Å²) < 4.78 is 5.17. The van der Waals surface area contributed by atoms with E-state index in [2.05, 4.69) is 29.4 Å². The molecule has 5 heteroatoms. The summed E-state index contributed by atoms with van der Waals surface area (Å²) in [6.07, 6.45) is 0. The average Bonchev–Trinajstić information content (AvgIpc) is 2.48. The fourth-order valence-corrected chi connectivity index (χ4v) is 2.09. The molecule has 0 saturated carbocycles. The number of nitrogens with zero attached hydrogens (tertiary/aromatic N) is 1. The van der Waals surface area contributed by atoms with Crippen LogP contribution in [0.2, 0.25) is 0 Å². The highest BCUT2D eigenvalue weighted by Gasteiger charge is 2.02. The molecule has 0 fully saturated rings. The molecule has 0 unspecified atom stereocenters. The van der Waals surface area contributed by atoms with Crippen LogP contribution in [0, 0.1) is 6.92 Å². The minimum atomic E-state index is 0. The van der Waals surface area contributed by atoms with Gasteiger partial charge in [0.15, 0.2) is 5.96 Å². The molecule has 3 N–H and O–H groups in total. The largest absolute Gasteiger partial charge is 0.380 e. The summed E-state index contributed by atoms with van der Waals surface area (Å²) in [5.41, 5.74) is 10.3. The minimum absolute atomic E-state index is 0. The van der Waals surface area contributed by atoms with E-state index in [4.69, 9.17) is 10.5 Å². The Morgan fingerprint density at radius 3 is 2.68 bits per heavy atom. The van der Waals surface area contributed by atoms with Gasteiger partial charge in [0.25, 0.3) is 0 Å². The molecule has 0 aliphatic rings. The predicted molar refractivity (Wildman–Crippen MR) is 103 cm³/mol. The van der Waals surface area contributed by atoms with E-state index in [-0.39, 0.29) is 24.0 Å². The summed E-state index contributed by atoms with van der Waals surface area (Å²) in [7, 11) is 1.67. The van der Waals surface area contributed by atoms with Gasteiger partial charge in [0, 0.05) is 18.4 Å². The summed E-state index contributed by atoms with van der Waals surface area (Å²) in [5.74, 6) is 0.403. The number of para-hydroxylation sites is 1. The fraction of sp³-hybridized carbons (Fsp3) is 0.235. The fourth-order valence-electron chi connectivity index (χ4n) is 2.09. The molecule has 0 aromatic heterocycles. The van der Waals surface area contributed by atoms with Crippen LogP contribution in [0.25, 0.3) is 0 Å². The Kier molecular flexibility index (Phi) is 7.90. The van der Waals surface area contributed by atoms with Gasteiger partial charge in [0.1, 0.15) is 0 Å². The third-order valence-electron chi connectivity index (χ3n) is 3.09. The zero-order chi connectivity index (χ0) is 15.1. The third kappa shape index (κ3) is 5.65. The van der Waals surface area contributed by atoms with Gasteiger partial charge in [-0.05, 0) is 18.6 Å². The summed E-state index contributed by atoms with van der Waals surface area (Å²) in [6.45, 7) is 3.16. The highest BCUT2D eigenvalue weighted by atomic mass is 127. The van der Waals surface area contributed by atoms with E-state index in [1.165, 1.54) is 5.56 Å². The molecule has 0 amide bonds. The van der Waals surface area contributed by atoms with Crippen LogP contribution in [0.5, 0.6) is 0 Å². The van der Waals surface area contributed by atoms with Crippen molar-refractivity contribution in [3.63, 3.8) is 0 Å². The SMILES string of the molecule is COCc1ccccc1NC(N)=NCc1cccc(C)c1.I. The van der Waals surface area contributed by atoms with Gasteiger partial charge in [-0.15, -0.1) is 24.0 Å². The van der Waals surface area contributed by atoms with Crippen LogP contribution in [-0.4, -0.2) is 13.1 Å². The van der Waals surface area contributed by atoms with E-state index in [0.717, 1.165) is 16.8 Å². The molecule has 4 nitrogen and oxygen atoms in total. The number of guanidine groups is 1. The number of rotatable bonds is 5. The van der Waals surface area contributed by atoms with Gasteiger partial charge in [-0.3, -0.25) is 0 Å². The number of nitrogens with one attached hydrogen (secondary N) is 1. The quantitative estimate of drug-likeness (QED) is 0.448. The standard InChI is InChI=1S/C17H21N3O.HI/c1-13-6-5-7-14(10-13)11-19-17(18)20-16-9-4-3-8-15(16)12-21-2;/h3-10H,11-12H2,1-2H3,(H3,18,19,20);1H. The van der Waals surface area contributed by atoms with Crippen molar-refractivity contribution < 1.29 is 4.74 Å². The molecule has 0 aliphatic carbocycles. The Morgan fingerprint density at radius 2 is 1.95 bits per heavy atom. The van der Waals surface area contributed by atoms with Crippen LogP contribution in [0.3, 0.4) is 0 Å². The van der Waals surface area contributed by atoms with E-state index in [1.54, 1.807) is 7.11 Å². The Bertz CT molecular complexity index is 629. The van der Waals surface area contributed by atoms with Crippen molar-refractivity contribution in [2.75, 3.05) is 12.4 Å². The summed E-state index contributed by atoms with van der Waals surface area (Å²) in [4.78, 5) is 4.37. The molecule has 0 aliphatic heterocycles. The molecule has 2 aromatic rings. The van der Waals surface area contributed by atoms with E-state index in [1.807, 2.05) is 36.4 Å². The van der Waals surface area contributed by atoms with Gasteiger partial charge in [-0.2, -0.15) is 0 Å². The number of aliphatic imine (C=N–C) groups is 1. The van der Waals surface area contributed by atoms with E-state index >= 15 is 0 Å². The molecule has 0 radical (unpaired) electrons. The topological polar surface area (TPSA) is 59.6 Å². The second kappa shape index (κ2) is 9.42. The molecular formula is C17H22IN3O. The number of benzene rings is 2. The van der Waals surface area contributed by atoms with E-state index in [0.29, 0.717) is 19.1 Å². The lowest BCUT2D eigenvalue weighted by molar-refractivity contribution is 0.185. The van der Waals surface area contributed by atoms with Crippen molar-refractivity contribution in [2.45, 2.75) is 20.1 Å². The van der Waals surface area contributed by atoms with Gasteiger partial charge in [-0.1, -0.05) is 48.0 Å². The van der Waals surface area contributed by atoms with Crippen LogP contribution in [0.4, 0.5) is 5.69 Å². The van der Waals surface area contributed by atoms with Crippen LogP contribution < -0.4 is 11.1 Å². The van der Waals surface area contributed by atoms with Crippen molar-refractivity contribution in [3.8, 4) is 0 Å². The summed E-state index contributed by atoms with van der Waals surface area (Å²) in [5, 5.41) is 3.13. The zero-order valence-electron chi connectivity index (χ0n) is 12.9. The molecule has 2 rings (SSSR count). The zero-order valence-corrected chi connectivity index (χ0v) is 15.2. The highest BCUT2D eigenvalue weighted by molar-refractivity contribution is 14.0. The second-order valence-corrected chi connectivity index (χ2v) is 4.91. The van der Waals surface area contributed by atoms with Gasteiger partial charge in [-0.25, -0.2) is 4.99 Å². The van der Waals surface area contributed by atoms with Crippen molar-refractivity contribution in [3.05, 3.63) is 65.2 Å². The molecule has 0 spiro atoms. The smallest absolute Gasteiger partial charge is 0.193 e. The van der Waals surface area contributed by atoms with E-state index < -0.39 is 0 Å². The first kappa shape index (κ1) is 18.4. The maximum absolute atomic E-state index is 5.95. The number of hydrogen-bond acceptors (Lipinski definition) is 2. The lowest BCUT2D eigenvalue weighted by Gasteiger charge is -2.10. The van der Waals surface area contributed by atoms with Crippen LogP contribution in [0.15, 0.2) is 53.5 Å². The maximum Gasteiger partial charge on any atom is 0.193 e. The lowest BCUT2D eigenvalue weighted by Crippen LogP contribution is -2.23. The number of anilines is 1. The average molecular weight is 411 g/mol. The number of halogens is 1. The molecule has 118 valence electrons. The molecular weight excluding hydrogens is 389 g/mol. The van der Waals surface area contributed by atoms with Crippen molar-refractivity contribution >= 4 is 35.6 Å². The number of ether oxygens (including phenoxy) is 1. The second-order valence-electron chi connectivity index (χ2n) is 4.91. The van der Waals surface area contributed by atoms with E-state index in [9.17, 15) is 0 Å². The number of methoxy groups -OCH3 is 1. The summed E-state index contributed by atoms with van der Waals surface area (Å²) in [6, 6.07) is 16.1. The van der Waals surface area contributed by atoms with Gasteiger partial charge >= 0.3 is 0 Å². The first-order valence-corrected chi connectivity index (χ1v) is 6.88. The predicted octanol–water partition coefficient (Wildman–Crippen LogP) is 3.69. The minimum Gasteiger partial charge on any atom is -0.380 e. The molecule has 0 atom stereocenters. The highest BCUT2D eigenvalue weighted by Crippen LogP contribution is 2.15. The first-order chi connectivity index (χ1) is 10.2. The lowest BCUT2D eigenvalue weighted by atomic mass is 10.1. The van der Waals surface area contributed by atoms with Crippen molar-refractivity contribution in [1.82, 2.24) is 0 Å². The van der Waals surface area contributed by atoms with Crippen LogP contribution in [-0.2, 0) is 17.9 Å². The Morgan fingerprint density at radius 1 is 1.18 bits per heavy atom. The number of hydrogen-bond donors (Lipinski definition) is 2. The Balaban J connectivity index is 0.00000242. The molecule has 0 saturated heterocycles. The maximum atomic E-state index is 5.95. The van der Waals surface area contributed by atoms with Crippen LogP contribution in [0.1, 0.15) is 16.7 Å². The molecule has 2 aromatic carbocycles. The molecule has 0 bridgehead atoms.